The summed E-state index contributed by atoms with van der Waals surface area (Å²) < 4.78 is 16.5. The number of nitrogens with one attached hydrogen (secondary N) is 1. The van der Waals surface area contributed by atoms with E-state index in [-0.39, 0.29) is 17.3 Å². The normalized spacial score (nSPS) is 14.9. The molecule has 34 heavy (non-hydrogen) atoms. The number of hydrogen-bond donors (Lipinski definition) is 1. The number of piperazine rings is 1. The number of hydrogen-bond acceptors (Lipinski definition) is 8. The summed E-state index contributed by atoms with van der Waals surface area (Å²) in [6, 6.07) is 3.87. The fourth-order valence-corrected chi connectivity index (χ4v) is 4.02. The topological polar surface area (TPSA) is 92.2 Å². The van der Waals surface area contributed by atoms with Gasteiger partial charge in [0.15, 0.2) is 5.82 Å². The second kappa shape index (κ2) is 9.09. The van der Waals surface area contributed by atoms with Crippen molar-refractivity contribution in [3.8, 4) is 11.4 Å². The van der Waals surface area contributed by atoms with Crippen LogP contribution in [0.1, 0.15) is 5.56 Å². The zero-order valence-corrected chi connectivity index (χ0v) is 18.9. The average molecular weight is 459 g/mol. The summed E-state index contributed by atoms with van der Waals surface area (Å²) in [4.78, 5) is 29.6. The number of nitrogens with zero attached hydrogens (tertiary/aromatic N) is 9. The smallest absolute Gasteiger partial charge is 0.229 e. The molecule has 1 N–H and O–H groups in total. The fraction of sp³-hybridized carbons (Fsp3) is 0.304. The van der Waals surface area contributed by atoms with E-state index < -0.39 is 5.82 Å². The molecule has 1 aliphatic heterocycles. The van der Waals surface area contributed by atoms with Crippen LogP contribution in [0.4, 0.5) is 21.8 Å². The molecule has 0 amide bonds. The Kier molecular flexibility index (Phi) is 5.83. The van der Waals surface area contributed by atoms with E-state index in [0.29, 0.717) is 22.5 Å². The lowest BCUT2D eigenvalue weighted by Gasteiger charge is -2.32. The van der Waals surface area contributed by atoms with Gasteiger partial charge in [-0.2, -0.15) is 0 Å². The van der Waals surface area contributed by atoms with Crippen LogP contribution in [0.5, 0.6) is 0 Å². The zero-order chi connectivity index (χ0) is 23.7. The van der Waals surface area contributed by atoms with Crippen molar-refractivity contribution < 1.29 is 4.39 Å². The molecule has 1 aliphatic rings. The molecule has 1 saturated heterocycles. The maximum Gasteiger partial charge on any atom is 0.229 e. The number of halogens is 1. The van der Waals surface area contributed by atoms with E-state index in [4.69, 9.17) is 6.57 Å². The molecule has 1 fully saturated rings. The van der Waals surface area contributed by atoms with Crippen LogP contribution in [0.2, 0.25) is 0 Å². The van der Waals surface area contributed by atoms with Crippen LogP contribution in [-0.2, 0) is 13.6 Å². The van der Waals surface area contributed by atoms with Crippen molar-refractivity contribution in [3.63, 3.8) is 0 Å². The molecule has 0 spiro atoms. The number of likely N-dealkylation sites (N-methyl/N-ethyl adjacent to an activating group) is 1. The number of fused-ring (bicyclic) bond motifs is 1. The molecule has 0 bridgehead atoms. The Morgan fingerprint density at radius 1 is 1.03 bits per heavy atom. The Bertz CT molecular complexity index is 1370. The minimum absolute atomic E-state index is 0.00677. The summed E-state index contributed by atoms with van der Waals surface area (Å²) in [6.07, 6.45) is 5.88. The van der Waals surface area contributed by atoms with Gasteiger partial charge in [-0.15, -0.1) is 0 Å². The van der Waals surface area contributed by atoms with Gasteiger partial charge >= 0.3 is 0 Å². The number of pyridine rings is 1. The Morgan fingerprint density at radius 2 is 1.85 bits per heavy atom. The maximum absolute atomic E-state index is 14.7. The molecule has 0 atom stereocenters. The lowest BCUT2D eigenvalue weighted by molar-refractivity contribution is 0.148. The molecule has 0 aromatic carbocycles. The first-order valence-electron chi connectivity index (χ1n) is 10.8. The molecule has 0 unspecified atom stereocenters. The largest absolute Gasteiger partial charge is 0.347 e. The van der Waals surface area contributed by atoms with E-state index >= 15 is 0 Å². The highest BCUT2D eigenvalue weighted by Gasteiger charge is 2.20. The Hall–Kier alpha value is -4.01. The van der Waals surface area contributed by atoms with Gasteiger partial charge in [0.1, 0.15) is 23.5 Å². The molecular formula is C23H23FN10. The Labute approximate surface area is 195 Å². The van der Waals surface area contributed by atoms with Crippen LogP contribution < -0.4 is 5.32 Å². The monoisotopic (exact) mass is 458 g/mol. The van der Waals surface area contributed by atoms with Gasteiger partial charge in [-0.1, -0.05) is 6.07 Å². The maximum atomic E-state index is 14.7. The molecule has 10 nitrogen and oxygen atoms in total. The Morgan fingerprint density at radius 3 is 2.59 bits per heavy atom. The van der Waals surface area contributed by atoms with Crippen LogP contribution in [0.25, 0.3) is 27.3 Å². The number of aromatic nitrogens is 6. The molecule has 4 aromatic rings. The van der Waals surface area contributed by atoms with Gasteiger partial charge in [-0.05, 0) is 18.7 Å². The lowest BCUT2D eigenvalue weighted by Crippen LogP contribution is -2.43. The van der Waals surface area contributed by atoms with Gasteiger partial charge in [-0.3, -0.25) is 4.90 Å². The highest BCUT2D eigenvalue weighted by molar-refractivity contribution is 6.00. The van der Waals surface area contributed by atoms with E-state index in [1.54, 1.807) is 17.8 Å². The number of rotatable bonds is 5. The zero-order valence-electron chi connectivity index (χ0n) is 18.9. The van der Waals surface area contributed by atoms with Crippen molar-refractivity contribution in [1.82, 2.24) is 39.3 Å². The quantitative estimate of drug-likeness (QED) is 0.457. The summed E-state index contributed by atoms with van der Waals surface area (Å²) in [6.45, 7) is 12.5. The van der Waals surface area contributed by atoms with Crippen LogP contribution in [0.15, 0.2) is 37.1 Å². The summed E-state index contributed by atoms with van der Waals surface area (Å²) in [5.41, 5.74) is 2.22. The van der Waals surface area contributed by atoms with E-state index in [1.807, 2.05) is 18.3 Å². The van der Waals surface area contributed by atoms with Gasteiger partial charge in [0.05, 0.1) is 23.8 Å². The van der Waals surface area contributed by atoms with Gasteiger partial charge in [0.25, 0.3) is 0 Å². The molecule has 0 radical (unpaired) electrons. The third kappa shape index (κ3) is 4.28. The molecule has 0 aliphatic carbocycles. The summed E-state index contributed by atoms with van der Waals surface area (Å²) in [5.74, 6) is 0.0951. The first-order chi connectivity index (χ1) is 16.5. The van der Waals surface area contributed by atoms with Gasteiger partial charge in [0, 0.05) is 52.2 Å². The molecule has 0 saturated carbocycles. The minimum Gasteiger partial charge on any atom is -0.347 e. The van der Waals surface area contributed by atoms with Gasteiger partial charge in [-0.25, -0.2) is 34.2 Å². The third-order valence-electron chi connectivity index (χ3n) is 5.89. The highest BCUT2D eigenvalue weighted by Crippen LogP contribution is 2.34. The predicted octanol–water partition coefficient (Wildman–Crippen LogP) is 3.00. The average Bonchev–Trinajstić information content (AvgIpc) is 3.19. The molecule has 5 heterocycles. The summed E-state index contributed by atoms with van der Waals surface area (Å²) in [7, 11) is 3.91. The van der Waals surface area contributed by atoms with Gasteiger partial charge < -0.3 is 14.8 Å². The molecule has 4 aromatic heterocycles. The highest BCUT2D eigenvalue weighted by atomic mass is 19.1. The second-order valence-electron chi connectivity index (χ2n) is 8.30. The summed E-state index contributed by atoms with van der Waals surface area (Å²) in [5, 5.41) is 3.48. The predicted molar refractivity (Wildman–Crippen MR) is 126 cm³/mol. The van der Waals surface area contributed by atoms with Crippen molar-refractivity contribution >= 4 is 28.5 Å². The van der Waals surface area contributed by atoms with Crippen molar-refractivity contribution in [2.45, 2.75) is 6.54 Å². The van der Waals surface area contributed by atoms with Crippen LogP contribution in [0, 0.1) is 12.4 Å². The van der Waals surface area contributed by atoms with Crippen molar-refractivity contribution in [2.75, 3.05) is 38.5 Å². The molecule has 11 heteroatoms. The third-order valence-corrected chi connectivity index (χ3v) is 5.89. The number of aryl methyl sites for hydroxylation is 1. The van der Waals surface area contributed by atoms with E-state index in [2.05, 4.69) is 51.9 Å². The van der Waals surface area contributed by atoms with Crippen molar-refractivity contribution in [2.24, 2.45) is 7.05 Å². The van der Waals surface area contributed by atoms with Gasteiger partial charge in [0.2, 0.25) is 11.6 Å². The van der Waals surface area contributed by atoms with Crippen LogP contribution >= 0.6 is 0 Å². The molecule has 5 rings (SSSR count). The minimum atomic E-state index is -0.638. The lowest BCUT2D eigenvalue weighted by atomic mass is 10.2. The Balaban J connectivity index is 1.38. The summed E-state index contributed by atoms with van der Waals surface area (Å²) >= 11 is 0. The van der Waals surface area contributed by atoms with E-state index in [1.165, 1.54) is 6.33 Å². The van der Waals surface area contributed by atoms with E-state index in [0.717, 1.165) is 44.5 Å². The number of anilines is 2. The molecule has 172 valence electrons. The standard InChI is InChI=1S/C23H23FN10/c1-25-17-13-33(3)22-19(17)21(28-14-29-22)20-16(24)11-27-23(31-20)30-18-5-4-15(10-26-18)12-34-8-6-32(2)7-9-34/h4-5,10-11,13-14H,6-9,12H2,2-3H3,(H,26,27,30,31). The second-order valence-corrected chi connectivity index (χ2v) is 8.30. The van der Waals surface area contributed by atoms with Crippen LogP contribution in [0.3, 0.4) is 0 Å². The molecular weight excluding hydrogens is 435 g/mol. The van der Waals surface area contributed by atoms with E-state index in [9.17, 15) is 4.39 Å². The van der Waals surface area contributed by atoms with Crippen molar-refractivity contribution in [3.05, 3.63) is 59.8 Å². The SMILES string of the molecule is [C-]#[N+]c1cn(C)c2ncnc(-c3nc(Nc4ccc(CN5CCN(C)CC5)cn4)ncc3F)c12. The van der Waals surface area contributed by atoms with Crippen LogP contribution in [-0.4, -0.2) is 72.5 Å². The fourth-order valence-electron chi connectivity index (χ4n) is 4.02. The first kappa shape index (κ1) is 21.8. The van der Waals surface area contributed by atoms with Crippen molar-refractivity contribution in [1.29, 1.82) is 0 Å². The first-order valence-corrected chi connectivity index (χ1v) is 10.8.